The van der Waals surface area contributed by atoms with E-state index in [1.807, 2.05) is 0 Å². The predicted octanol–water partition coefficient (Wildman–Crippen LogP) is -2.62. The molecule has 0 saturated heterocycles. The first-order chi connectivity index (χ1) is 29.8. The van der Waals surface area contributed by atoms with Gasteiger partial charge in [0.2, 0.25) is 12.8 Å². The SMILES string of the molecule is O=CN(CC(O)CC(O)CN(C=O)c1c(I)c(C(=O)NC(CO)CO)c(I)c(C(=O)NC(CO)CO)c1I)c1c(I)c(C(=O)NC(CO)CO)c(I)c(C(=O)NC(CO)CO)c1I. The second-order valence-electron chi connectivity index (χ2n) is 13.3. The maximum Gasteiger partial charge on any atom is 0.253 e. The fourth-order valence-corrected chi connectivity index (χ4v) is 15.1. The van der Waals surface area contributed by atoms with Gasteiger partial charge in [-0.3, -0.25) is 28.8 Å². The molecule has 0 spiro atoms. The van der Waals surface area contributed by atoms with Crippen molar-refractivity contribution in [3.8, 4) is 0 Å². The topological polar surface area (TPSA) is 359 Å². The van der Waals surface area contributed by atoms with Crippen molar-refractivity contribution in [1.82, 2.24) is 21.3 Å². The number of halogens is 6. The zero-order chi connectivity index (χ0) is 47.9. The van der Waals surface area contributed by atoms with Crippen molar-refractivity contribution in [3.05, 3.63) is 43.7 Å². The number of hydrogen-bond donors (Lipinski definition) is 14. The van der Waals surface area contributed by atoms with E-state index in [0.29, 0.717) is 12.8 Å². The third-order valence-electron chi connectivity index (χ3n) is 8.79. The van der Waals surface area contributed by atoms with Crippen LogP contribution in [-0.4, -0.2) is 190 Å². The normalized spacial score (nSPS) is 12.4. The first kappa shape index (κ1) is 58.4. The Balaban J connectivity index is 2.65. The van der Waals surface area contributed by atoms with E-state index >= 15 is 0 Å². The van der Waals surface area contributed by atoms with Gasteiger partial charge in [0.15, 0.2) is 0 Å². The molecule has 22 nitrogen and oxygen atoms in total. The quantitative estimate of drug-likeness (QED) is 0.0339. The fourth-order valence-electron chi connectivity index (χ4n) is 5.52. The van der Waals surface area contributed by atoms with Crippen LogP contribution >= 0.6 is 136 Å². The summed E-state index contributed by atoms with van der Waals surface area (Å²) >= 11 is 10.4. The summed E-state index contributed by atoms with van der Waals surface area (Å²) in [7, 11) is 0. The maximum atomic E-state index is 13.6. The molecule has 14 N–H and O–H groups in total. The van der Waals surface area contributed by atoms with Gasteiger partial charge >= 0.3 is 0 Å². The Morgan fingerprint density at radius 1 is 0.429 bits per heavy atom. The minimum atomic E-state index is -1.57. The highest BCUT2D eigenvalue weighted by molar-refractivity contribution is 14.1. The Morgan fingerprint density at radius 2 is 0.635 bits per heavy atom. The van der Waals surface area contributed by atoms with Crippen molar-refractivity contribution >= 4 is 183 Å². The summed E-state index contributed by atoms with van der Waals surface area (Å²) < 4.78 is 0.486. The number of hydrogen-bond acceptors (Lipinski definition) is 16. The summed E-state index contributed by atoms with van der Waals surface area (Å²) in [6.07, 6.45) is -3.06. The largest absolute Gasteiger partial charge is 0.394 e. The van der Waals surface area contributed by atoms with E-state index in [1.165, 1.54) is 0 Å². The Labute approximate surface area is 441 Å². The van der Waals surface area contributed by atoms with Gasteiger partial charge in [-0.1, -0.05) is 0 Å². The Kier molecular flexibility index (Phi) is 26.4. The third kappa shape index (κ3) is 15.1. The minimum Gasteiger partial charge on any atom is -0.394 e. The van der Waals surface area contributed by atoms with E-state index in [4.69, 9.17) is 0 Å². The monoisotopic (exact) mass is 1570 g/mol. The summed E-state index contributed by atoms with van der Waals surface area (Å²) in [6.45, 7) is -6.31. The molecule has 0 saturated carbocycles. The van der Waals surface area contributed by atoms with E-state index in [-0.39, 0.29) is 55.0 Å². The summed E-state index contributed by atoms with van der Waals surface area (Å²) in [4.78, 5) is 81.8. The van der Waals surface area contributed by atoms with Crippen molar-refractivity contribution < 1.29 is 79.8 Å². The number of carbonyl (C=O) groups is 6. The third-order valence-corrected chi connectivity index (χ3v) is 15.1. The zero-order valence-corrected chi connectivity index (χ0v) is 45.4. The van der Waals surface area contributed by atoms with Crippen LogP contribution in [0, 0.1) is 21.4 Å². The van der Waals surface area contributed by atoms with Crippen LogP contribution in [0.4, 0.5) is 11.4 Å². The molecular formula is C35H44I6N6O16. The van der Waals surface area contributed by atoms with Crippen LogP contribution in [0.25, 0.3) is 0 Å². The average molecular weight is 1570 g/mol. The first-order valence-corrected chi connectivity index (χ1v) is 24.6. The second-order valence-corrected chi connectivity index (χ2v) is 19.8. The van der Waals surface area contributed by atoms with E-state index in [0.717, 1.165) is 9.80 Å². The van der Waals surface area contributed by atoms with Crippen LogP contribution < -0.4 is 31.1 Å². The predicted molar refractivity (Wildman–Crippen MR) is 274 cm³/mol. The van der Waals surface area contributed by atoms with Crippen molar-refractivity contribution in [2.45, 2.75) is 42.8 Å². The standard InChI is InChI=1S/C35H44I6N6O16/c36-24-20(32(60)42-14(4-48)5-49)26(38)30(27(39)21(24)33(61)43-15(6-50)7-51)46(12-56)2-18(58)1-19(59)3-47(13-57)31-28(40)22(34(62)44-16(8-52)9-53)25(37)23(29(31)41)35(63)45-17(10-54)11-55/h12-19,48-55,58-59H,1-11H2,(H,42,60)(H,43,61)(H,44,62)(H,45,63). The summed E-state index contributed by atoms with van der Waals surface area (Å²) in [6, 6.07) is -4.44. The van der Waals surface area contributed by atoms with Crippen molar-refractivity contribution in [1.29, 1.82) is 0 Å². The molecule has 0 heterocycles. The molecule has 2 unspecified atom stereocenters. The molecule has 63 heavy (non-hydrogen) atoms. The van der Waals surface area contributed by atoms with Crippen LogP contribution in [0.15, 0.2) is 0 Å². The number of nitrogens with zero attached hydrogens (tertiary/aromatic N) is 2. The van der Waals surface area contributed by atoms with E-state index in [9.17, 15) is 79.8 Å². The van der Waals surface area contributed by atoms with Gasteiger partial charge in [0.05, 0.1) is 150 Å². The number of nitrogens with one attached hydrogen (secondary N) is 4. The molecule has 2 aromatic carbocycles. The summed E-state index contributed by atoms with van der Waals surface area (Å²) in [5.41, 5.74) is -0.743. The number of benzene rings is 2. The zero-order valence-electron chi connectivity index (χ0n) is 32.5. The molecule has 0 aliphatic heterocycles. The number of amides is 6. The number of aliphatic hydroxyl groups is 10. The molecule has 2 rings (SSSR count). The van der Waals surface area contributed by atoms with Crippen LogP contribution in [0.2, 0.25) is 0 Å². The molecule has 28 heteroatoms. The second kappa shape index (κ2) is 28.5. The molecular weight excluding hydrogens is 1520 g/mol. The molecule has 0 aliphatic rings. The van der Waals surface area contributed by atoms with Crippen LogP contribution in [0.1, 0.15) is 47.9 Å². The van der Waals surface area contributed by atoms with Crippen LogP contribution in [0.5, 0.6) is 0 Å². The lowest BCUT2D eigenvalue weighted by molar-refractivity contribution is -0.108. The highest BCUT2D eigenvalue weighted by Crippen LogP contribution is 2.39. The van der Waals surface area contributed by atoms with Crippen molar-refractivity contribution in [2.75, 3.05) is 75.7 Å². The van der Waals surface area contributed by atoms with Gasteiger partial charge in [0.25, 0.3) is 23.6 Å². The minimum absolute atomic E-state index is 0.0482. The summed E-state index contributed by atoms with van der Waals surface area (Å²) in [5, 5.41) is 109. The Bertz CT molecular complexity index is 1710. The summed E-state index contributed by atoms with van der Waals surface area (Å²) in [5.74, 6) is -3.43. The lowest BCUT2D eigenvalue weighted by atomic mass is 10.0. The van der Waals surface area contributed by atoms with Gasteiger partial charge < -0.3 is 82.1 Å². The highest BCUT2D eigenvalue weighted by atomic mass is 127. The average Bonchev–Trinajstić information content (AvgIpc) is 3.24. The van der Waals surface area contributed by atoms with Crippen LogP contribution in [-0.2, 0) is 9.59 Å². The molecule has 2 atom stereocenters. The van der Waals surface area contributed by atoms with Crippen molar-refractivity contribution in [2.24, 2.45) is 0 Å². The molecule has 352 valence electrons. The van der Waals surface area contributed by atoms with Gasteiger partial charge in [-0.15, -0.1) is 0 Å². The van der Waals surface area contributed by atoms with Gasteiger partial charge in [-0.05, 0) is 136 Å². The lowest BCUT2D eigenvalue weighted by Crippen LogP contribution is -2.43. The Hall–Kier alpha value is -0.760. The lowest BCUT2D eigenvalue weighted by Gasteiger charge is -2.29. The first-order valence-electron chi connectivity index (χ1n) is 18.1. The smallest absolute Gasteiger partial charge is 0.253 e. The molecule has 0 radical (unpaired) electrons. The Morgan fingerprint density at radius 3 is 0.810 bits per heavy atom. The molecule has 0 bridgehead atoms. The van der Waals surface area contributed by atoms with Gasteiger partial charge in [-0.2, -0.15) is 0 Å². The molecule has 6 amide bonds. The maximum absolute atomic E-state index is 13.6. The number of aliphatic hydroxyl groups excluding tert-OH is 10. The van der Waals surface area contributed by atoms with Gasteiger partial charge in [-0.25, -0.2) is 0 Å². The highest BCUT2D eigenvalue weighted by Gasteiger charge is 2.34. The van der Waals surface area contributed by atoms with Gasteiger partial charge in [0.1, 0.15) is 0 Å². The fraction of sp³-hybridized carbons (Fsp3) is 0.486. The van der Waals surface area contributed by atoms with Crippen LogP contribution in [0.3, 0.4) is 0 Å². The number of anilines is 2. The molecule has 0 aliphatic carbocycles. The molecule has 0 fully saturated rings. The number of rotatable bonds is 26. The molecule has 2 aromatic rings. The van der Waals surface area contributed by atoms with E-state index in [2.05, 4.69) is 21.3 Å². The molecule has 0 aromatic heterocycles. The van der Waals surface area contributed by atoms with E-state index < -0.39 is 132 Å². The van der Waals surface area contributed by atoms with E-state index in [1.54, 1.807) is 136 Å². The van der Waals surface area contributed by atoms with Gasteiger partial charge in [0, 0.05) is 13.6 Å². The van der Waals surface area contributed by atoms with Crippen molar-refractivity contribution in [3.63, 3.8) is 0 Å². The number of carbonyl (C=O) groups excluding carboxylic acids is 6.